The third-order valence-electron chi connectivity index (χ3n) is 4.86. The second kappa shape index (κ2) is 6.80. The molecule has 2 heterocycles. The number of piperazine rings is 1. The van der Waals surface area contributed by atoms with E-state index in [2.05, 4.69) is 47.2 Å². The number of aryl methyl sites for hydroxylation is 2. The fourth-order valence-electron chi connectivity index (χ4n) is 3.77. The molecular formula is C18H29N3. The van der Waals surface area contributed by atoms with Gasteiger partial charge in [-0.15, -0.1) is 0 Å². The van der Waals surface area contributed by atoms with Crippen molar-refractivity contribution in [1.29, 1.82) is 0 Å². The smallest absolute Gasteiger partial charge is 0.0372 e. The van der Waals surface area contributed by atoms with Crippen molar-refractivity contribution in [2.75, 3.05) is 50.7 Å². The molecule has 2 aliphatic heterocycles. The highest BCUT2D eigenvalue weighted by Crippen LogP contribution is 2.21. The molecule has 116 valence electrons. The van der Waals surface area contributed by atoms with Gasteiger partial charge in [0.1, 0.15) is 0 Å². The molecule has 2 saturated heterocycles. The maximum atomic E-state index is 3.53. The number of nitrogens with one attached hydrogen (secondary N) is 1. The number of rotatable bonds is 3. The summed E-state index contributed by atoms with van der Waals surface area (Å²) in [4.78, 5) is 5.21. The molecule has 0 aromatic heterocycles. The lowest BCUT2D eigenvalue weighted by Crippen LogP contribution is -2.49. The highest BCUT2D eigenvalue weighted by atomic mass is 15.3. The Morgan fingerprint density at radius 2 is 1.76 bits per heavy atom. The molecule has 0 saturated carbocycles. The van der Waals surface area contributed by atoms with Gasteiger partial charge >= 0.3 is 0 Å². The van der Waals surface area contributed by atoms with Gasteiger partial charge < -0.3 is 10.2 Å². The number of nitrogens with zero attached hydrogens (tertiary/aromatic N) is 2. The Morgan fingerprint density at radius 3 is 2.38 bits per heavy atom. The lowest BCUT2D eigenvalue weighted by molar-refractivity contribution is 0.199. The van der Waals surface area contributed by atoms with Crippen molar-refractivity contribution in [3.05, 3.63) is 29.3 Å². The van der Waals surface area contributed by atoms with Crippen molar-refractivity contribution in [3.8, 4) is 0 Å². The molecule has 21 heavy (non-hydrogen) atoms. The average molecular weight is 287 g/mol. The molecule has 0 spiro atoms. The van der Waals surface area contributed by atoms with Crippen molar-refractivity contribution in [1.82, 2.24) is 10.2 Å². The fourth-order valence-corrected chi connectivity index (χ4v) is 3.77. The van der Waals surface area contributed by atoms with Gasteiger partial charge in [0.2, 0.25) is 0 Å². The van der Waals surface area contributed by atoms with Crippen LogP contribution in [-0.2, 0) is 0 Å². The number of hydrogen-bond acceptors (Lipinski definition) is 3. The molecule has 0 bridgehead atoms. The van der Waals surface area contributed by atoms with Crippen LogP contribution in [0.4, 0.5) is 5.69 Å². The maximum absolute atomic E-state index is 3.53. The number of piperidine rings is 1. The van der Waals surface area contributed by atoms with Crippen LogP contribution < -0.4 is 10.2 Å². The van der Waals surface area contributed by atoms with Gasteiger partial charge in [-0.3, -0.25) is 4.90 Å². The summed E-state index contributed by atoms with van der Waals surface area (Å²) in [5.74, 6) is 0.867. The highest BCUT2D eigenvalue weighted by Gasteiger charge is 2.21. The zero-order chi connectivity index (χ0) is 14.7. The van der Waals surface area contributed by atoms with Crippen LogP contribution >= 0.6 is 0 Å². The summed E-state index contributed by atoms with van der Waals surface area (Å²) in [6, 6.07) is 6.91. The minimum Gasteiger partial charge on any atom is -0.369 e. The second-order valence-corrected chi connectivity index (χ2v) is 6.85. The van der Waals surface area contributed by atoms with Gasteiger partial charge in [-0.2, -0.15) is 0 Å². The van der Waals surface area contributed by atoms with Gasteiger partial charge in [-0.05, 0) is 69.0 Å². The summed E-state index contributed by atoms with van der Waals surface area (Å²) < 4.78 is 0. The van der Waals surface area contributed by atoms with Crippen LogP contribution in [-0.4, -0.2) is 50.7 Å². The summed E-state index contributed by atoms with van der Waals surface area (Å²) in [5, 5.41) is 3.53. The molecule has 3 nitrogen and oxygen atoms in total. The SMILES string of the molecule is Cc1cc(C)cc(N2CCN(CC3CCCNC3)CC2)c1. The van der Waals surface area contributed by atoms with Gasteiger partial charge in [-0.25, -0.2) is 0 Å². The van der Waals surface area contributed by atoms with Crippen molar-refractivity contribution < 1.29 is 0 Å². The molecular weight excluding hydrogens is 258 g/mol. The Kier molecular flexibility index (Phi) is 4.81. The van der Waals surface area contributed by atoms with Crippen LogP contribution in [0.15, 0.2) is 18.2 Å². The zero-order valence-corrected chi connectivity index (χ0v) is 13.6. The molecule has 0 radical (unpaired) electrons. The Morgan fingerprint density at radius 1 is 1.05 bits per heavy atom. The Labute approximate surface area is 129 Å². The lowest BCUT2D eigenvalue weighted by Gasteiger charge is -2.38. The topological polar surface area (TPSA) is 18.5 Å². The molecule has 1 N–H and O–H groups in total. The van der Waals surface area contributed by atoms with E-state index in [0.29, 0.717) is 0 Å². The van der Waals surface area contributed by atoms with Gasteiger partial charge in [0.15, 0.2) is 0 Å². The molecule has 1 atom stereocenters. The normalized spacial score (nSPS) is 24.3. The first-order chi connectivity index (χ1) is 10.2. The third kappa shape index (κ3) is 3.98. The highest BCUT2D eigenvalue weighted by molar-refractivity contribution is 5.51. The van der Waals surface area contributed by atoms with Gasteiger partial charge in [0, 0.05) is 38.4 Å². The molecule has 1 aromatic carbocycles. The second-order valence-electron chi connectivity index (χ2n) is 6.85. The first-order valence-corrected chi connectivity index (χ1v) is 8.47. The molecule has 0 amide bonds. The van der Waals surface area contributed by atoms with Crippen molar-refractivity contribution in [3.63, 3.8) is 0 Å². The predicted molar refractivity (Wildman–Crippen MR) is 90.2 cm³/mol. The van der Waals surface area contributed by atoms with E-state index >= 15 is 0 Å². The van der Waals surface area contributed by atoms with E-state index < -0.39 is 0 Å². The molecule has 1 unspecified atom stereocenters. The van der Waals surface area contributed by atoms with E-state index in [1.54, 1.807) is 0 Å². The van der Waals surface area contributed by atoms with Crippen molar-refractivity contribution >= 4 is 5.69 Å². The van der Waals surface area contributed by atoms with Gasteiger partial charge in [-0.1, -0.05) is 6.07 Å². The van der Waals surface area contributed by atoms with Crippen molar-refractivity contribution in [2.24, 2.45) is 5.92 Å². The van der Waals surface area contributed by atoms with E-state index in [0.717, 1.165) is 5.92 Å². The molecule has 1 aromatic rings. The summed E-state index contributed by atoms with van der Waals surface area (Å²) in [6.45, 7) is 12.9. The monoisotopic (exact) mass is 287 g/mol. The van der Waals surface area contributed by atoms with Crippen LogP contribution in [0.5, 0.6) is 0 Å². The Hall–Kier alpha value is -1.06. The standard InChI is InChI=1S/C18H29N3/c1-15-10-16(2)12-18(11-15)21-8-6-20(7-9-21)14-17-4-3-5-19-13-17/h10-12,17,19H,3-9,13-14H2,1-2H3. The van der Waals surface area contributed by atoms with Crippen LogP contribution in [0.3, 0.4) is 0 Å². The van der Waals surface area contributed by atoms with E-state index in [1.807, 2.05) is 0 Å². The first-order valence-electron chi connectivity index (χ1n) is 8.47. The van der Waals surface area contributed by atoms with Crippen LogP contribution in [0.2, 0.25) is 0 Å². The molecule has 0 aliphatic carbocycles. The van der Waals surface area contributed by atoms with E-state index in [1.165, 1.54) is 75.5 Å². The fraction of sp³-hybridized carbons (Fsp3) is 0.667. The first kappa shape index (κ1) is 14.9. The molecule has 2 fully saturated rings. The number of benzene rings is 1. The minimum absolute atomic E-state index is 0.867. The summed E-state index contributed by atoms with van der Waals surface area (Å²) in [5.41, 5.74) is 4.16. The molecule has 2 aliphatic rings. The van der Waals surface area contributed by atoms with Gasteiger partial charge in [0.05, 0.1) is 0 Å². The third-order valence-corrected chi connectivity index (χ3v) is 4.86. The van der Waals surface area contributed by atoms with Crippen LogP contribution in [0.25, 0.3) is 0 Å². The van der Waals surface area contributed by atoms with E-state index in [9.17, 15) is 0 Å². The lowest BCUT2D eigenvalue weighted by atomic mass is 9.99. The zero-order valence-electron chi connectivity index (χ0n) is 13.6. The maximum Gasteiger partial charge on any atom is 0.0372 e. The van der Waals surface area contributed by atoms with Crippen LogP contribution in [0, 0.1) is 19.8 Å². The summed E-state index contributed by atoms with van der Waals surface area (Å²) in [6.07, 6.45) is 2.76. The number of hydrogen-bond donors (Lipinski definition) is 1. The predicted octanol–water partition coefficient (Wildman–Crippen LogP) is 2.43. The largest absolute Gasteiger partial charge is 0.369 e. The average Bonchev–Trinajstić information content (AvgIpc) is 2.48. The Balaban J connectivity index is 1.52. The quantitative estimate of drug-likeness (QED) is 0.921. The molecule has 3 heteroatoms. The number of anilines is 1. The summed E-state index contributed by atoms with van der Waals surface area (Å²) >= 11 is 0. The summed E-state index contributed by atoms with van der Waals surface area (Å²) in [7, 11) is 0. The molecule has 3 rings (SSSR count). The van der Waals surface area contributed by atoms with Crippen molar-refractivity contribution in [2.45, 2.75) is 26.7 Å². The van der Waals surface area contributed by atoms with Gasteiger partial charge in [0.25, 0.3) is 0 Å². The van der Waals surface area contributed by atoms with E-state index in [4.69, 9.17) is 0 Å². The van der Waals surface area contributed by atoms with E-state index in [-0.39, 0.29) is 0 Å². The Bertz CT molecular complexity index is 437. The van der Waals surface area contributed by atoms with Crippen LogP contribution in [0.1, 0.15) is 24.0 Å². The minimum atomic E-state index is 0.867.